The van der Waals surface area contributed by atoms with Crippen LogP contribution in [0.15, 0.2) is 0 Å². The smallest absolute Gasteiger partial charge is 0.231 e. The molecule has 1 aliphatic rings. The van der Waals surface area contributed by atoms with Gasteiger partial charge in [-0.05, 0) is 0 Å². The normalized spacial score (nSPS) is 27.0. The minimum Gasteiger partial charge on any atom is -0.391 e. The summed E-state index contributed by atoms with van der Waals surface area (Å²) in [6.07, 6.45) is -0.125. The van der Waals surface area contributed by atoms with E-state index < -0.39 is 6.10 Å². The Labute approximate surface area is 52.1 Å². The summed E-state index contributed by atoms with van der Waals surface area (Å²) in [4.78, 5) is 21.5. The van der Waals surface area contributed by atoms with Gasteiger partial charge >= 0.3 is 0 Å². The maximum Gasteiger partial charge on any atom is 0.231 e. The van der Waals surface area contributed by atoms with Gasteiger partial charge in [0.2, 0.25) is 12.3 Å². The van der Waals surface area contributed by atoms with Gasteiger partial charge in [-0.3, -0.25) is 14.5 Å². The monoisotopic (exact) mass is 129 g/mol. The summed E-state index contributed by atoms with van der Waals surface area (Å²) in [7, 11) is 0. The van der Waals surface area contributed by atoms with Crippen LogP contribution in [0.5, 0.6) is 0 Å². The number of amides is 2. The number of carbonyl (C=O) groups is 2. The molecular formula is C5H7NO3. The predicted molar refractivity (Wildman–Crippen MR) is 28.4 cm³/mol. The fourth-order valence-electron chi connectivity index (χ4n) is 0.814. The molecule has 2 amide bonds. The molecule has 1 fully saturated rings. The van der Waals surface area contributed by atoms with Crippen LogP contribution in [0.3, 0.4) is 0 Å². The van der Waals surface area contributed by atoms with Crippen LogP contribution in [0.1, 0.15) is 6.42 Å². The second-order valence-electron chi connectivity index (χ2n) is 2.01. The molecule has 1 atom stereocenters. The lowest BCUT2D eigenvalue weighted by atomic mass is 10.3. The van der Waals surface area contributed by atoms with Crippen LogP contribution in [0, 0.1) is 0 Å². The Morgan fingerprint density at radius 2 is 2.44 bits per heavy atom. The molecule has 50 valence electrons. The van der Waals surface area contributed by atoms with Gasteiger partial charge in [-0.2, -0.15) is 0 Å². The van der Waals surface area contributed by atoms with Crippen molar-refractivity contribution in [2.45, 2.75) is 12.5 Å². The third-order valence-corrected chi connectivity index (χ3v) is 1.27. The quantitative estimate of drug-likeness (QED) is 0.449. The van der Waals surface area contributed by atoms with E-state index in [0.717, 1.165) is 4.90 Å². The molecule has 4 heteroatoms. The summed E-state index contributed by atoms with van der Waals surface area (Å²) in [5.41, 5.74) is 0. The van der Waals surface area contributed by atoms with Gasteiger partial charge in [-0.25, -0.2) is 0 Å². The van der Waals surface area contributed by atoms with Gasteiger partial charge in [0, 0.05) is 0 Å². The summed E-state index contributed by atoms with van der Waals surface area (Å²) in [5.74, 6) is -0.294. The van der Waals surface area contributed by atoms with Crippen molar-refractivity contribution in [3.8, 4) is 0 Å². The van der Waals surface area contributed by atoms with Crippen LogP contribution in [0.2, 0.25) is 0 Å². The number of aliphatic hydroxyl groups excluding tert-OH is 1. The van der Waals surface area contributed by atoms with Crippen LogP contribution in [0.25, 0.3) is 0 Å². The van der Waals surface area contributed by atoms with E-state index in [1.807, 2.05) is 0 Å². The molecule has 9 heavy (non-hydrogen) atoms. The molecule has 1 N–H and O–H groups in total. The highest BCUT2D eigenvalue weighted by atomic mass is 16.3. The Bertz CT molecular complexity index is 145. The van der Waals surface area contributed by atoms with E-state index in [-0.39, 0.29) is 18.9 Å². The lowest BCUT2D eigenvalue weighted by molar-refractivity contribution is -0.134. The van der Waals surface area contributed by atoms with Crippen LogP contribution in [0.4, 0.5) is 0 Å². The minimum atomic E-state index is -0.650. The second kappa shape index (κ2) is 2.14. The summed E-state index contributed by atoms with van der Waals surface area (Å²) >= 11 is 0. The molecule has 0 bridgehead atoms. The molecule has 1 rings (SSSR count). The molecule has 1 saturated heterocycles. The molecule has 0 aromatic carbocycles. The molecule has 0 aromatic heterocycles. The molecule has 1 heterocycles. The van der Waals surface area contributed by atoms with Gasteiger partial charge in [0.1, 0.15) is 0 Å². The molecule has 0 aromatic rings. The highest BCUT2D eigenvalue weighted by Crippen LogP contribution is 2.07. The lowest BCUT2D eigenvalue weighted by Crippen LogP contribution is -2.23. The first kappa shape index (κ1) is 6.22. The molecule has 0 saturated carbocycles. The number of imide groups is 1. The van der Waals surface area contributed by atoms with Crippen molar-refractivity contribution in [2.75, 3.05) is 6.54 Å². The molecule has 0 aliphatic carbocycles. The highest BCUT2D eigenvalue weighted by molar-refractivity contribution is 5.88. The number of hydrogen-bond acceptors (Lipinski definition) is 3. The van der Waals surface area contributed by atoms with Crippen molar-refractivity contribution in [1.29, 1.82) is 0 Å². The van der Waals surface area contributed by atoms with Crippen molar-refractivity contribution in [3.63, 3.8) is 0 Å². The number of rotatable bonds is 1. The number of likely N-dealkylation sites (tertiary alicyclic amines) is 1. The van der Waals surface area contributed by atoms with E-state index in [2.05, 4.69) is 0 Å². The molecule has 4 nitrogen and oxygen atoms in total. The van der Waals surface area contributed by atoms with Gasteiger partial charge in [0.15, 0.2) is 0 Å². The molecule has 0 radical (unpaired) electrons. The number of nitrogens with zero attached hydrogens (tertiary/aromatic N) is 1. The molecule has 1 unspecified atom stereocenters. The topological polar surface area (TPSA) is 57.6 Å². The average Bonchev–Trinajstić information content (AvgIpc) is 2.10. The zero-order valence-electron chi connectivity index (χ0n) is 4.78. The van der Waals surface area contributed by atoms with E-state index in [9.17, 15) is 9.59 Å². The Morgan fingerprint density at radius 3 is 2.67 bits per heavy atom. The van der Waals surface area contributed by atoms with E-state index in [0.29, 0.717) is 6.41 Å². The summed E-state index contributed by atoms with van der Waals surface area (Å²) in [5, 5.41) is 8.78. The second-order valence-corrected chi connectivity index (χ2v) is 2.01. The highest BCUT2D eigenvalue weighted by Gasteiger charge is 2.26. The molecule has 0 spiro atoms. The minimum absolute atomic E-state index is 0.0821. The van der Waals surface area contributed by atoms with Crippen molar-refractivity contribution >= 4 is 12.3 Å². The number of carbonyl (C=O) groups excluding carboxylic acids is 2. The van der Waals surface area contributed by atoms with Crippen molar-refractivity contribution in [1.82, 2.24) is 4.90 Å². The largest absolute Gasteiger partial charge is 0.391 e. The summed E-state index contributed by atoms with van der Waals surface area (Å²) in [6.45, 7) is 0.155. The van der Waals surface area contributed by atoms with Crippen molar-refractivity contribution < 1.29 is 14.7 Å². The average molecular weight is 129 g/mol. The van der Waals surface area contributed by atoms with Gasteiger partial charge < -0.3 is 5.11 Å². The van der Waals surface area contributed by atoms with Crippen LogP contribution in [-0.4, -0.2) is 35.0 Å². The first-order valence-electron chi connectivity index (χ1n) is 2.67. The van der Waals surface area contributed by atoms with E-state index in [4.69, 9.17) is 5.11 Å². The maximum absolute atomic E-state index is 10.6. The first-order valence-corrected chi connectivity index (χ1v) is 2.67. The predicted octanol–water partition coefficient (Wildman–Crippen LogP) is -1.26. The van der Waals surface area contributed by atoms with Crippen LogP contribution < -0.4 is 0 Å². The van der Waals surface area contributed by atoms with Gasteiger partial charge in [-0.1, -0.05) is 0 Å². The van der Waals surface area contributed by atoms with E-state index >= 15 is 0 Å². The lowest BCUT2D eigenvalue weighted by Gasteiger charge is -2.02. The first-order chi connectivity index (χ1) is 4.24. The standard InChI is InChI=1S/C5H7NO3/c7-3-6-2-4(8)1-5(6)9/h3-4,8H,1-2H2. The van der Waals surface area contributed by atoms with E-state index in [1.54, 1.807) is 0 Å². The summed E-state index contributed by atoms with van der Waals surface area (Å²) < 4.78 is 0. The third-order valence-electron chi connectivity index (χ3n) is 1.27. The Hall–Kier alpha value is -0.900. The fourth-order valence-corrected chi connectivity index (χ4v) is 0.814. The van der Waals surface area contributed by atoms with Gasteiger partial charge in [-0.15, -0.1) is 0 Å². The Balaban J connectivity index is 2.57. The maximum atomic E-state index is 10.6. The SMILES string of the molecule is O=CN1CC(O)CC1=O. The van der Waals surface area contributed by atoms with Gasteiger partial charge in [0.05, 0.1) is 19.1 Å². The molecule has 1 aliphatic heterocycles. The van der Waals surface area contributed by atoms with Crippen molar-refractivity contribution in [2.24, 2.45) is 0 Å². The van der Waals surface area contributed by atoms with Crippen molar-refractivity contribution in [3.05, 3.63) is 0 Å². The fraction of sp³-hybridized carbons (Fsp3) is 0.600. The molecular weight excluding hydrogens is 122 g/mol. The Morgan fingerprint density at radius 1 is 1.78 bits per heavy atom. The van der Waals surface area contributed by atoms with Crippen LogP contribution in [-0.2, 0) is 9.59 Å². The number of aliphatic hydroxyl groups is 1. The summed E-state index contributed by atoms with van der Waals surface area (Å²) in [6, 6.07) is 0. The van der Waals surface area contributed by atoms with E-state index in [1.165, 1.54) is 0 Å². The van der Waals surface area contributed by atoms with Gasteiger partial charge in [0.25, 0.3) is 0 Å². The third kappa shape index (κ3) is 1.08. The number of β-amino-alcohol motifs (C(OH)–C–C–N with tert-alkyl or cyclic N) is 1. The van der Waals surface area contributed by atoms with Crippen LogP contribution >= 0.6 is 0 Å². The Kier molecular flexibility index (Phi) is 1.48. The number of hydrogen-bond donors (Lipinski definition) is 1. The zero-order valence-corrected chi connectivity index (χ0v) is 4.78. The zero-order chi connectivity index (χ0) is 6.85.